The highest BCUT2D eigenvalue weighted by molar-refractivity contribution is 6.07. The fraction of sp³-hybridized carbons (Fsp3) is 0.391. The van der Waals surface area contributed by atoms with Crippen LogP contribution in [0.4, 0.5) is 0 Å². The molecule has 6 heteroatoms. The number of aromatic nitrogens is 2. The molecule has 0 saturated heterocycles. The van der Waals surface area contributed by atoms with Gasteiger partial charge in [0.25, 0.3) is 11.5 Å². The maximum atomic E-state index is 13.1. The number of ether oxygens (including phenoxy) is 1. The minimum absolute atomic E-state index is 0.0360. The Morgan fingerprint density at radius 3 is 2.62 bits per heavy atom. The van der Waals surface area contributed by atoms with Gasteiger partial charge in [-0.1, -0.05) is 18.2 Å². The smallest absolute Gasteiger partial charge is 0.260 e. The predicted octanol–water partition coefficient (Wildman–Crippen LogP) is 3.31. The number of hydrogen-bond donors (Lipinski definition) is 1. The number of aryl methyl sites for hydroxylation is 3. The van der Waals surface area contributed by atoms with Crippen molar-refractivity contribution in [3.05, 3.63) is 64.2 Å². The molecule has 4 rings (SSSR count). The van der Waals surface area contributed by atoms with Crippen LogP contribution in [-0.4, -0.2) is 27.2 Å². The van der Waals surface area contributed by atoms with Crippen LogP contribution in [-0.2, 0) is 14.1 Å². The highest BCUT2D eigenvalue weighted by atomic mass is 16.5. The average molecular weight is 393 g/mol. The Balaban J connectivity index is 1.53. The van der Waals surface area contributed by atoms with Crippen LogP contribution in [0.1, 0.15) is 41.6 Å². The van der Waals surface area contributed by atoms with E-state index in [2.05, 4.69) is 5.32 Å². The molecule has 2 aromatic heterocycles. The number of rotatable bonds is 4. The first-order valence-electron chi connectivity index (χ1n) is 10.1. The largest absolute Gasteiger partial charge is 0.490 e. The van der Waals surface area contributed by atoms with E-state index in [9.17, 15) is 9.59 Å². The van der Waals surface area contributed by atoms with E-state index in [4.69, 9.17) is 4.74 Å². The van der Waals surface area contributed by atoms with Crippen molar-refractivity contribution in [2.75, 3.05) is 0 Å². The summed E-state index contributed by atoms with van der Waals surface area (Å²) in [4.78, 5) is 25.8. The van der Waals surface area contributed by atoms with Crippen molar-refractivity contribution in [2.45, 2.75) is 44.8 Å². The predicted molar refractivity (Wildman–Crippen MR) is 113 cm³/mol. The molecule has 0 aliphatic heterocycles. The van der Waals surface area contributed by atoms with Crippen molar-refractivity contribution >= 4 is 16.8 Å². The van der Waals surface area contributed by atoms with Gasteiger partial charge < -0.3 is 19.2 Å². The molecule has 1 aromatic carbocycles. The lowest BCUT2D eigenvalue weighted by Crippen LogP contribution is -2.41. The third kappa shape index (κ3) is 3.79. The first-order valence-corrected chi connectivity index (χ1v) is 10.1. The second-order valence-electron chi connectivity index (χ2n) is 8.00. The molecule has 0 radical (unpaired) electrons. The van der Waals surface area contributed by atoms with Crippen molar-refractivity contribution in [2.24, 2.45) is 14.1 Å². The zero-order valence-corrected chi connectivity index (χ0v) is 17.1. The Morgan fingerprint density at radius 2 is 1.86 bits per heavy atom. The number of hydrogen-bond acceptors (Lipinski definition) is 3. The van der Waals surface area contributed by atoms with Gasteiger partial charge in [0.1, 0.15) is 11.9 Å². The van der Waals surface area contributed by atoms with Crippen LogP contribution in [0.25, 0.3) is 10.9 Å². The minimum atomic E-state index is -0.191. The average Bonchev–Trinajstić information content (AvgIpc) is 3.05. The quantitative estimate of drug-likeness (QED) is 0.740. The normalized spacial score (nSPS) is 19.3. The van der Waals surface area contributed by atoms with Gasteiger partial charge in [-0.15, -0.1) is 0 Å². The Bertz CT molecular complexity index is 1100. The zero-order chi connectivity index (χ0) is 20.5. The van der Waals surface area contributed by atoms with E-state index in [1.54, 1.807) is 24.0 Å². The maximum absolute atomic E-state index is 13.1. The van der Waals surface area contributed by atoms with Gasteiger partial charge >= 0.3 is 0 Å². The third-order valence-corrected chi connectivity index (χ3v) is 5.73. The molecule has 0 spiro atoms. The molecular weight excluding hydrogens is 366 g/mol. The number of amides is 1. The molecule has 1 aliphatic rings. The van der Waals surface area contributed by atoms with Crippen molar-refractivity contribution in [3.63, 3.8) is 0 Å². The van der Waals surface area contributed by atoms with Crippen molar-refractivity contribution < 1.29 is 9.53 Å². The van der Waals surface area contributed by atoms with Gasteiger partial charge in [0, 0.05) is 39.0 Å². The Kier molecular flexibility index (Phi) is 5.18. The Morgan fingerprint density at radius 1 is 1.10 bits per heavy atom. The van der Waals surface area contributed by atoms with E-state index in [1.165, 1.54) is 0 Å². The lowest BCUT2D eigenvalue weighted by molar-refractivity contribution is 0.0884. The number of pyridine rings is 1. The molecule has 152 valence electrons. The van der Waals surface area contributed by atoms with Gasteiger partial charge in [-0.05, 0) is 43.9 Å². The van der Waals surface area contributed by atoms with E-state index in [1.807, 2.05) is 48.9 Å². The number of para-hydroxylation sites is 1. The van der Waals surface area contributed by atoms with Gasteiger partial charge in [-0.2, -0.15) is 0 Å². The number of fused-ring (bicyclic) bond motifs is 1. The highest BCUT2D eigenvalue weighted by Gasteiger charge is 2.27. The molecule has 1 saturated carbocycles. The number of carbonyl (C=O) groups is 1. The summed E-state index contributed by atoms with van der Waals surface area (Å²) >= 11 is 0. The Labute approximate surface area is 170 Å². The summed E-state index contributed by atoms with van der Waals surface area (Å²) in [6.45, 7) is 1.95. The maximum Gasteiger partial charge on any atom is 0.260 e. The second kappa shape index (κ2) is 7.78. The van der Waals surface area contributed by atoms with Crippen LogP contribution in [0.2, 0.25) is 0 Å². The van der Waals surface area contributed by atoms with Crippen LogP contribution in [0, 0.1) is 6.92 Å². The van der Waals surface area contributed by atoms with Crippen LogP contribution in [0.5, 0.6) is 5.75 Å². The minimum Gasteiger partial charge on any atom is -0.490 e. The molecule has 6 nitrogen and oxygen atoms in total. The van der Waals surface area contributed by atoms with Gasteiger partial charge in [0.05, 0.1) is 16.5 Å². The van der Waals surface area contributed by atoms with Crippen LogP contribution in [0.3, 0.4) is 0 Å². The lowest BCUT2D eigenvalue weighted by atomic mass is 9.92. The Hall–Kier alpha value is -3.02. The number of benzene rings is 1. The van der Waals surface area contributed by atoms with E-state index in [-0.39, 0.29) is 23.6 Å². The van der Waals surface area contributed by atoms with Crippen LogP contribution < -0.4 is 15.6 Å². The fourth-order valence-electron chi connectivity index (χ4n) is 4.42. The van der Waals surface area contributed by atoms with E-state index < -0.39 is 0 Å². The fourth-order valence-corrected chi connectivity index (χ4v) is 4.42. The van der Waals surface area contributed by atoms with Gasteiger partial charge in [-0.3, -0.25) is 9.59 Å². The van der Waals surface area contributed by atoms with E-state index in [0.717, 1.165) is 42.5 Å². The zero-order valence-electron chi connectivity index (χ0n) is 17.1. The number of carbonyl (C=O) groups excluding carboxylic acids is 1. The van der Waals surface area contributed by atoms with Gasteiger partial charge in [-0.25, -0.2) is 0 Å². The van der Waals surface area contributed by atoms with Crippen LogP contribution in [0.15, 0.2) is 47.5 Å². The molecule has 3 aromatic rings. The van der Waals surface area contributed by atoms with Crippen LogP contribution >= 0.6 is 0 Å². The van der Waals surface area contributed by atoms with Crippen molar-refractivity contribution in [3.8, 4) is 5.75 Å². The molecule has 0 bridgehead atoms. The summed E-state index contributed by atoms with van der Waals surface area (Å²) in [5, 5.41) is 3.63. The van der Waals surface area contributed by atoms with E-state index in [0.29, 0.717) is 10.9 Å². The third-order valence-electron chi connectivity index (χ3n) is 5.73. The highest BCUT2D eigenvalue weighted by Crippen LogP contribution is 2.25. The van der Waals surface area contributed by atoms with Gasteiger partial charge in [0.2, 0.25) is 0 Å². The molecule has 29 heavy (non-hydrogen) atoms. The summed E-state index contributed by atoms with van der Waals surface area (Å²) in [6, 6.07) is 9.83. The molecule has 1 aliphatic carbocycles. The topological polar surface area (TPSA) is 65.3 Å². The summed E-state index contributed by atoms with van der Waals surface area (Å²) in [6.07, 6.45) is 7.31. The molecule has 2 heterocycles. The molecule has 1 N–H and O–H groups in total. The van der Waals surface area contributed by atoms with Crippen molar-refractivity contribution in [1.82, 2.24) is 14.5 Å². The molecule has 1 fully saturated rings. The standard InChI is InChI=1S/C23H27N3O3/c1-15-13-26(3)23(28)20-19(14-25(2)21(15)20)22(27)24-16-8-7-11-18(12-16)29-17-9-5-4-6-10-17/h4-6,9-10,13-14,16,18H,7-8,11-12H2,1-3H3,(H,24,27). The lowest BCUT2D eigenvalue weighted by Gasteiger charge is -2.30. The summed E-state index contributed by atoms with van der Waals surface area (Å²) in [5.41, 5.74) is 2.08. The summed E-state index contributed by atoms with van der Waals surface area (Å²) < 4.78 is 9.49. The van der Waals surface area contributed by atoms with Gasteiger partial charge in [0.15, 0.2) is 0 Å². The molecule has 1 amide bonds. The first-order chi connectivity index (χ1) is 13.9. The molecule has 2 atom stereocenters. The molecule has 2 unspecified atom stereocenters. The van der Waals surface area contributed by atoms with Crippen molar-refractivity contribution in [1.29, 1.82) is 0 Å². The second-order valence-corrected chi connectivity index (χ2v) is 8.00. The first kappa shape index (κ1) is 19.3. The summed E-state index contributed by atoms with van der Waals surface area (Å²) in [5.74, 6) is 0.668. The van der Waals surface area contributed by atoms with E-state index >= 15 is 0 Å². The number of nitrogens with one attached hydrogen (secondary N) is 1. The summed E-state index contributed by atoms with van der Waals surface area (Å²) in [7, 11) is 3.59. The monoisotopic (exact) mass is 393 g/mol. The number of nitrogens with zero attached hydrogens (tertiary/aromatic N) is 2. The SMILES string of the molecule is Cc1cn(C)c(=O)c2c(C(=O)NC3CCCC(Oc4ccccc4)C3)cn(C)c12. The molecular formula is C23H27N3O3.